The Labute approximate surface area is 147 Å². The van der Waals surface area contributed by atoms with E-state index in [-0.39, 0.29) is 5.91 Å². The zero-order chi connectivity index (χ0) is 16.6. The normalized spacial score (nSPS) is 12.8. The van der Waals surface area contributed by atoms with Crippen LogP contribution in [0, 0.1) is 6.92 Å². The molecule has 0 aliphatic heterocycles. The van der Waals surface area contributed by atoms with E-state index in [1.807, 2.05) is 31.2 Å². The highest BCUT2D eigenvalue weighted by Gasteiger charge is 2.33. The number of hydrogen-bond donors (Lipinski definition) is 2. The number of anilines is 1. The number of halogens is 3. The molecule has 0 bridgehead atoms. The zero-order valence-electron chi connectivity index (χ0n) is 13.0. The number of nitrogens with one attached hydrogen (secondary N) is 2. The predicted octanol–water partition coefficient (Wildman–Crippen LogP) is 5.19. The third kappa shape index (κ3) is 7.57. The summed E-state index contributed by atoms with van der Waals surface area (Å²) in [6.07, 6.45) is 3.80. The predicted molar refractivity (Wildman–Crippen MR) is 95.8 cm³/mol. The molecule has 2 N–H and O–H groups in total. The van der Waals surface area contributed by atoms with Crippen LogP contribution in [0.5, 0.6) is 0 Å². The van der Waals surface area contributed by atoms with Crippen LogP contribution in [0.25, 0.3) is 0 Å². The molecular formula is C16H23Cl3N2O. The molecule has 1 rings (SSSR count). The van der Waals surface area contributed by atoms with Gasteiger partial charge in [0.1, 0.15) is 6.17 Å². The van der Waals surface area contributed by atoms with Gasteiger partial charge in [-0.2, -0.15) is 0 Å². The van der Waals surface area contributed by atoms with Crippen molar-refractivity contribution in [2.45, 2.75) is 55.9 Å². The molecule has 0 radical (unpaired) electrons. The number of unbranched alkanes of at least 4 members (excludes halogenated alkanes) is 3. The molecule has 1 aromatic carbocycles. The van der Waals surface area contributed by atoms with E-state index in [1.165, 1.54) is 0 Å². The van der Waals surface area contributed by atoms with E-state index in [0.29, 0.717) is 6.42 Å². The highest BCUT2D eigenvalue weighted by atomic mass is 35.6. The molecule has 0 unspecified atom stereocenters. The monoisotopic (exact) mass is 364 g/mol. The summed E-state index contributed by atoms with van der Waals surface area (Å²) in [6.45, 7) is 4.12. The van der Waals surface area contributed by atoms with E-state index >= 15 is 0 Å². The molecule has 3 nitrogen and oxygen atoms in total. The summed E-state index contributed by atoms with van der Waals surface area (Å²) in [5.74, 6) is -0.118. The van der Waals surface area contributed by atoms with Crippen LogP contribution in [-0.2, 0) is 4.79 Å². The van der Waals surface area contributed by atoms with Crippen molar-refractivity contribution in [3.05, 3.63) is 29.8 Å². The van der Waals surface area contributed by atoms with E-state index in [1.54, 1.807) is 0 Å². The van der Waals surface area contributed by atoms with Gasteiger partial charge in [-0.05, 0) is 25.5 Å². The first-order valence-electron chi connectivity index (χ1n) is 7.52. The van der Waals surface area contributed by atoms with Crippen molar-refractivity contribution >= 4 is 46.4 Å². The smallest absolute Gasteiger partial charge is 0.228 e. The number of carbonyl (C=O) groups excluding carboxylic acids is 1. The average Bonchev–Trinajstić information content (AvgIpc) is 2.44. The van der Waals surface area contributed by atoms with Crippen LogP contribution in [0.1, 0.15) is 44.6 Å². The lowest BCUT2D eigenvalue weighted by Crippen LogP contribution is -2.49. The summed E-state index contributed by atoms with van der Waals surface area (Å²) in [4.78, 5) is 12.0. The van der Waals surface area contributed by atoms with E-state index in [9.17, 15) is 4.79 Å². The minimum absolute atomic E-state index is 0.118. The van der Waals surface area contributed by atoms with Crippen LogP contribution in [0.2, 0.25) is 0 Å². The average molecular weight is 366 g/mol. The third-order valence-corrected chi connectivity index (χ3v) is 3.91. The lowest BCUT2D eigenvalue weighted by atomic mass is 10.1. The first-order valence-corrected chi connectivity index (χ1v) is 8.65. The standard InChI is InChI=1S/C16H23Cl3N2O/c1-3-4-5-6-7-14(22)21-15(16(17,18)19)20-13-10-8-12(2)9-11-13/h8-11,15,20H,3-7H2,1-2H3,(H,21,22)/t15-/m0/s1. The summed E-state index contributed by atoms with van der Waals surface area (Å²) in [5.41, 5.74) is 1.92. The van der Waals surface area contributed by atoms with Crippen LogP contribution in [0.15, 0.2) is 24.3 Å². The lowest BCUT2D eigenvalue weighted by molar-refractivity contribution is -0.121. The topological polar surface area (TPSA) is 41.1 Å². The van der Waals surface area contributed by atoms with Crippen molar-refractivity contribution in [2.24, 2.45) is 0 Å². The number of benzene rings is 1. The van der Waals surface area contributed by atoms with Gasteiger partial charge >= 0.3 is 0 Å². The maximum absolute atomic E-state index is 12.0. The Morgan fingerprint density at radius 3 is 2.32 bits per heavy atom. The minimum Gasteiger partial charge on any atom is -0.362 e. The third-order valence-electron chi connectivity index (χ3n) is 3.25. The van der Waals surface area contributed by atoms with Crippen molar-refractivity contribution in [3.63, 3.8) is 0 Å². The maximum Gasteiger partial charge on any atom is 0.228 e. The Morgan fingerprint density at radius 1 is 1.14 bits per heavy atom. The van der Waals surface area contributed by atoms with Gasteiger partial charge in [-0.3, -0.25) is 4.79 Å². The van der Waals surface area contributed by atoms with Gasteiger partial charge in [-0.1, -0.05) is 78.7 Å². The lowest BCUT2D eigenvalue weighted by Gasteiger charge is -2.27. The van der Waals surface area contributed by atoms with E-state index in [2.05, 4.69) is 17.6 Å². The molecule has 1 atom stereocenters. The Hall–Kier alpha value is -0.640. The number of alkyl halides is 3. The van der Waals surface area contributed by atoms with Crippen LogP contribution >= 0.6 is 34.8 Å². The molecule has 0 aliphatic carbocycles. The van der Waals surface area contributed by atoms with Crippen LogP contribution < -0.4 is 10.6 Å². The highest BCUT2D eigenvalue weighted by Crippen LogP contribution is 2.31. The van der Waals surface area contributed by atoms with Crippen molar-refractivity contribution in [1.29, 1.82) is 0 Å². The molecule has 0 fully saturated rings. The fraction of sp³-hybridized carbons (Fsp3) is 0.562. The van der Waals surface area contributed by atoms with Crippen LogP contribution in [0.4, 0.5) is 5.69 Å². The van der Waals surface area contributed by atoms with Crippen molar-refractivity contribution < 1.29 is 4.79 Å². The molecule has 1 aromatic rings. The minimum atomic E-state index is -1.63. The second-order valence-corrected chi connectivity index (χ2v) is 7.73. The second-order valence-electron chi connectivity index (χ2n) is 5.36. The summed E-state index contributed by atoms with van der Waals surface area (Å²) in [7, 11) is 0. The van der Waals surface area contributed by atoms with E-state index < -0.39 is 9.96 Å². The molecule has 0 spiro atoms. The Balaban J connectivity index is 2.57. The van der Waals surface area contributed by atoms with Gasteiger partial charge in [-0.15, -0.1) is 0 Å². The summed E-state index contributed by atoms with van der Waals surface area (Å²) in [5, 5.41) is 5.80. The van der Waals surface area contributed by atoms with E-state index in [0.717, 1.165) is 36.9 Å². The first kappa shape index (κ1) is 19.4. The summed E-state index contributed by atoms with van der Waals surface area (Å²) >= 11 is 17.9. The molecule has 0 aromatic heterocycles. The molecule has 6 heteroatoms. The molecule has 1 amide bonds. The molecule has 0 aliphatic rings. The van der Waals surface area contributed by atoms with Gasteiger partial charge in [0.05, 0.1) is 0 Å². The Morgan fingerprint density at radius 2 is 1.77 bits per heavy atom. The number of aryl methyl sites for hydroxylation is 1. The zero-order valence-corrected chi connectivity index (χ0v) is 15.2. The number of carbonyl (C=O) groups is 1. The van der Waals surface area contributed by atoms with Crippen molar-refractivity contribution in [1.82, 2.24) is 5.32 Å². The number of amides is 1. The van der Waals surface area contributed by atoms with Crippen LogP contribution in [0.3, 0.4) is 0 Å². The van der Waals surface area contributed by atoms with Gasteiger partial charge in [0.2, 0.25) is 9.70 Å². The van der Waals surface area contributed by atoms with Crippen LogP contribution in [-0.4, -0.2) is 15.9 Å². The van der Waals surface area contributed by atoms with Gasteiger partial charge in [-0.25, -0.2) is 0 Å². The molecule has 0 heterocycles. The Kier molecular flexibility index (Phi) is 8.37. The highest BCUT2D eigenvalue weighted by molar-refractivity contribution is 6.68. The quantitative estimate of drug-likeness (QED) is 0.378. The summed E-state index contributed by atoms with van der Waals surface area (Å²) in [6, 6.07) is 7.66. The first-order chi connectivity index (χ1) is 10.3. The molecule has 0 saturated heterocycles. The Bertz CT molecular complexity index is 457. The number of rotatable bonds is 8. The van der Waals surface area contributed by atoms with E-state index in [4.69, 9.17) is 34.8 Å². The van der Waals surface area contributed by atoms with Gasteiger partial charge in [0.25, 0.3) is 0 Å². The second kappa shape index (κ2) is 9.49. The fourth-order valence-corrected chi connectivity index (χ4v) is 2.29. The molecule has 0 saturated carbocycles. The summed E-state index contributed by atoms with van der Waals surface area (Å²) < 4.78 is -1.63. The molecular weight excluding hydrogens is 343 g/mol. The fourth-order valence-electron chi connectivity index (χ4n) is 1.96. The number of hydrogen-bond acceptors (Lipinski definition) is 2. The van der Waals surface area contributed by atoms with Gasteiger partial charge in [0, 0.05) is 12.1 Å². The van der Waals surface area contributed by atoms with Gasteiger partial charge < -0.3 is 10.6 Å². The van der Waals surface area contributed by atoms with Crippen molar-refractivity contribution in [2.75, 3.05) is 5.32 Å². The molecule has 124 valence electrons. The maximum atomic E-state index is 12.0. The van der Waals surface area contributed by atoms with Crippen molar-refractivity contribution in [3.8, 4) is 0 Å². The largest absolute Gasteiger partial charge is 0.362 e. The molecule has 22 heavy (non-hydrogen) atoms. The van der Waals surface area contributed by atoms with Gasteiger partial charge in [0.15, 0.2) is 0 Å². The SMILES string of the molecule is CCCCCCC(=O)N[C@H](Nc1ccc(C)cc1)C(Cl)(Cl)Cl.